The SMILES string of the molecule is COc1ccc2c3c1O[C@H]1C(=O)CC[C@H]4[C@@H](C2)N(C)CC[C@]314.N[C@@H](CCC(=O)O)C(=O)N[C@@H](CCC(=O)O)C(=O)N[C@@H](CCC(=O)O)C(=O)O. The Balaban J connectivity index is 0.000000229. The molecule has 2 amide bonds. The summed E-state index contributed by atoms with van der Waals surface area (Å²) in [5.41, 5.74) is 8.09. The van der Waals surface area contributed by atoms with Crippen molar-refractivity contribution in [2.75, 3.05) is 20.7 Å². The van der Waals surface area contributed by atoms with Crippen LogP contribution in [-0.4, -0.2) is 118 Å². The van der Waals surface area contributed by atoms with Crippen LogP contribution in [0.1, 0.15) is 68.9 Å². The van der Waals surface area contributed by atoms with Crippen molar-refractivity contribution < 1.29 is 63.5 Å². The molecule has 1 aromatic carbocycles. The fourth-order valence-corrected chi connectivity index (χ4v) is 7.69. The summed E-state index contributed by atoms with van der Waals surface area (Å²) in [6.45, 7) is 1.05. The Morgan fingerprint density at radius 2 is 1.56 bits per heavy atom. The maximum absolute atomic E-state index is 12.6. The molecule has 1 spiro atoms. The first kappa shape index (κ1) is 38.0. The molecule has 2 aliphatic heterocycles. The summed E-state index contributed by atoms with van der Waals surface area (Å²) in [4.78, 5) is 82.4. The lowest BCUT2D eigenvalue weighted by Crippen LogP contribution is -2.65. The number of benzene rings is 1. The standard InChI is InChI=1S/C18H21NO3.C15H23N3O10/c1-19-8-7-18-11-4-5-13(20)17(18)22-16-14(21-2)6-3-10(15(16)18)9-12(11)19;16-7(1-4-10(19)20)13(25)17-8(2-5-11(21)22)14(26)18-9(15(27)28)3-6-12(23)24/h3,6,11-12,17H,4-5,7-9H2,1-2H3;7-9H,1-6,16H2,(H,17,25)(H,18,26)(H,19,20)(H,21,22)(H,23,24)(H,27,28)/t11-,12+,17-,18-;7-,8-,9-/m00/s1. The predicted molar refractivity (Wildman–Crippen MR) is 172 cm³/mol. The van der Waals surface area contributed by atoms with E-state index in [0.29, 0.717) is 18.4 Å². The minimum atomic E-state index is -1.56. The van der Waals surface area contributed by atoms with Gasteiger partial charge in [-0.3, -0.25) is 28.8 Å². The van der Waals surface area contributed by atoms with Gasteiger partial charge in [-0.05, 0) is 69.7 Å². The van der Waals surface area contributed by atoms with E-state index < -0.39 is 79.5 Å². The number of ketones is 1. The number of likely N-dealkylation sites (N-methyl/N-ethyl adjacent to an activating group) is 1. The molecule has 7 atom stereocenters. The molecule has 17 heteroatoms. The van der Waals surface area contributed by atoms with Crippen molar-refractivity contribution in [1.82, 2.24) is 15.5 Å². The van der Waals surface area contributed by atoms with Crippen LogP contribution in [0.2, 0.25) is 0 Å². The van der Waals surface area contributed by atoms with Crippen molar-refractivity contribution >= 4 is 41.5 Å². The Labute approximate surface area is 287 Å². The summed E-state index contributed by atoms with van der Waals surface area (Å²) in [5.74, 6) is -4.73. The average molecular weight is 705 g/mol. The monoisotopic (exact) mass is 704 g/mol. The first-order valence-electron chi connectivity index (χ1n) is 16.4. The Bertz CT molecular complexity index is 1530. The fraction of sp³-hybridized carbons (Fsp3) is 0.606. The van der Waals surface area contributed by atoms with Gasteiger partial charge in [-0.25, -0.2) is 4.79 Å². The zero-order valence-corrected chi connectivity index (χ0v) is 27.9. The van der Waals surface area contributed by atoms with Crippen LogP contribution in [0.15, 0.2) is 12.1 Å². The second kappa shape index (κ2) is 15.8. The molecule has 0 unspecified atom stereocenters. The van der Waals surface area contributed by atoms with E-state index in [1.54, 1.807) is 7.11 Å². The van der Waals surface area contributed by atoms with Gasteiger partial charge in [-0.1, -0.05) is 6.07 Å². The van der Waals surface area contributed by atoms with Gasteiger partial charge < -0.3 is 51.2 Å². The highest BCUT2D eigenvalue weighted by atomic mass is 16.5. The highest BCUT2D eigenvalue weighted by Crippen LogP contribution is 2.63. The number of nitrogens with two attached hydrogens (primary N) is 1. The fourth-order valence-electron chi connectivity index (χ4n) is 7.69. The Hall–Kier alpha value is -4.77. The van der Waals surface area contributed by atoms with Gasteiger partial charge in [-0.15, -0.1) is 0 Å². The molecule has 2 fully saturated rings. The number of carbonyl (C=O) groups excluding carboxylic acids is 3. The number of Topliss-reactive ketones (excluding diaryl/α,β-unsaturated/α-hetero) is 1. The molecule has 274 valence electrons. The Morgan fingerprint density at radius 3 is 2.16 bits per heavy atom. The normalized spacial score (nSPS) is 24.5. The summed E-state index contributed by atoms with van der Waals surface area (Å²) >= 11 is 0. The highest BCUT2D eigenvalue weighted by molar-refractivity contribution is 5.92. The zero-order valence-electron chi connectivity index (χ0n) is 27.9. The number of rotatable bonds is 15. The van der Waals surface area contributed by atoms with Gasteiger partial charge in [0.05, 0.1) is 13.2 Å². The van der Waals surface area contributed by atoms with Crippen LogP contribution in [0.5, 0.6) is 11.5 Å². The molecule has 2 heterocycles. The number of carboxylic acids is 4. The molecule has 4 aliphatic rings. The number of ether oxygens (including phenoxy) is 2. The summed E-state index contributed by atoms with van der Waals surface area (Å²) in [6, 6.07) is 0.438. The number of hydrogen-bond acceptors (Lipinski definition) is 11. The summed E-state index contributed by atoms with van der Waals surface area (Å²) in [5, 5.41) is 39.2. The lowest BCUT2D eigenvalue weighted by molar-refractivity contribution is -0.144. The molecule has 1 saturated carbocycles. The van der Waals surface area contributed by atoms with Gasteiger partial charge in [0, 0.05) is 42.7 Å². The molecule has 50 heavy (non-hydrogen) atoms. The van der Waals surface area contributed by atoms with E-state index in [9.17, 15) is 33.6 Å². The van der Waals surface area contributed by atoms with Gasteiger partial charge in [0.15, 0.2) is 23.4 Å². The maximum atomic E-state index is 12.6. The molecule has 2 bridgehead atoms. The Kier molecular flexibility index (Phi) is 12.1. The number of nitrogens with one attached hydrogen (secondary N) is 2. The third-order valence-electron chi connectivity index (χ3n) is 10.1. The molecule has 5 rings (SSSR count). The van der Waals surface area contributed by atoms with Crippen LogP contribution in [0.3, 0.4) is 0 Å². The molecule has 0 aromatic heterocycles. The van der Waals surface area contributed by atoms with Gasteiger partial charge in [0.1, 0.15) is 12.1 Å². The molecular formula is C33H44N4O13. The van der Waals surface area contributed by atoms with E-state index in [1.807, 2.05) is 11.4 Å². The molecule has 0 radical (unpaired) electrons. The van der Waals surface area contributed by atoms with Crippen LogP contribution in [0.25, 0.3) is 0 Å². The number of piperidine rings is 1. The van der Waals surface area contributed by atoms with Crippen molar-refractivity contribution in [2.45, 2.75) is 99.9 Å². The van der Waals surface area contributed by atoms with Gasteiger partial charge in [-0.2, -0.15) is 0 Å². The third-order valence-corrected chi connectivity index (χ3v) is 10.1. The quantitative estimate of drug-likeness (QED) is 0.126. The summed E-state index contributed by atoms with van der Waals surface area (Å²) < 4.78 is 11.8. The van der Waals surface area contributed by atoms with E-state index in [2.05, 4.69) is 23.3 Å². The number of methoxy groups -OCH3 is 1. The molecule has 2 aliphatic carbocycles. The second-order valence-electron chi connectivity index (χ2n) is 13.1. The number of carbonyl (C=O) groups is 7. The number of amides is 2. The van der Waals surface area contributed by atoms with Crippen molar-refractivity contribution in [1.29, 1.82) is 0 Å². The van der Waals surface area contributed by atoms with Crippen LogP contribution in [-0.2, 0) is 45.4 Å². The molecule has 8 N–H and O–H groups in total. The number of aliphatic carboxylic acids is 4. The van der Waals surface area contributed by atoms with Crippen LogP contribution < -0.4 is 25.8 Å². The maximum Gasteiger partial charge on any atom is 0.326 e. The lowest BCUT2D eigenvalue weighted by atomic mass is 9.52. The van der Waals surface area contributed by atoms with Gasteiger partial charge in [0.25, 0.3) is 0 Å². The smallest absolute Gasteiger partial charge is 0.326 e. The topological polar surface area (TPSA) is 272 Å². The second-order valence-corrected chi connectivity index (χ2v) is 13.1. The summed E-state index contributed by atoms with van der Waals surface area (Å²) in [7, 11) is 3.91. The minimum absolute atomic E-state index is 0.0933. The van der Waals surface area contributed by atoms with E-state index in [4.69, 9.17) is 35.6 Å². The predicted octanol–water partition coefficient (Wildman–Crippen LogP) is -0.104. The van der Waals surface area contributed by atoms with E-state index in [0.717, 1.165) is 37.3 Å². The number of likely N-dealkylation sites (tertiary alicyclic amines) is 1. The molecule has 1 aromatic rings. The molecule has 17 nitrogen and oxygen atoms in total. The first-order chi connectivity index (χ1) is 23.6. The molecule has 1 saturated heterocycles. The van der Waals surface area contributed by atoms with E-state index >= 15 is 0 Å². The third kappa shape index (κ3) is 7.99. The minimum Gasteiger partial charge on any atom is -0.493 e. The van der Waals surface area contributed by atoms with Crippen molar-refractivity contribution in [3.05, 3.63) is 23.3 Å². The van der Waals surface area contributed by atoms with Crippen molar-refractivity contribution in [2.24, 2.45) is 11.7 Å². The van der Waals surface area contributed by atoms with Crippen LogP contribution >= 0.6 is 0 Å². The number of nitrogens with zero attached hydrogens (tertiary/aromatic N) is 1. The summed E-state index contributed by atoms with van der Waals surface area (Å²) in [6.07, 6.45) is 0.955. The van der Waals surface area contributed by atoms with Crippen LogP contribution in [0.4, 0.5) is 0 Å². The van der Waals surface area contributed by atoms with E-state index in [1.165, 1.54) is 11.1 Å². The van der Waals surface area contributed by atoms with E-state index in [-0.39, 0.29) is 30.1 Å². The average Bonchev–Trinajstić information content (AvgIpc) is 3.42. The van der Waals surface area contributed by atoms with Crippen molar-refractivity contribution in [3.63, 3.8) is 0 Å². The highest BCUT2D eigenvalue weighted by Gasteiger charge is 2.65. The molecular weight excluding hydrogens is 660 g/mol. The lowest BCUT2D eigenvalue weighted by Gasteiger charge is -2.57. The first-order valence-corrected chi connectivity index (χ1v) is 16.4. The number of carboxylic acid groups (broad SMARTS) is 4. The number of hydrogen-bond donors (Lipinski definition) is 7. The van der Waals surface area contributed by atoms with Gasteiger partial charge >= 0.3 is 23.9 Å². The van der Waals surface area contributed by atoms with Gasteiger partial charge in [0.2, 0.25) is 11.8 Å². The van der Waals surface area contributed by atoms with Crippen LogP contribution in [0, 0.1) is 5.92 Å². The van der Waals surface area contributed by atoms with Crippen molar-refractivity contribution in [3.8, 4) is 11.5 Å². The largest absolute Gasteiger partial charge is 0.493 e. The Morgan fingerprint density at radius 1 is 0.960 bits per heavy atom. The zero-order chi connectivity index (χ0) is 36.9.